The van der Waals surface area contributed by atoms with E-state index in [1.54, 1.807) is 6.92 Å². The predicted octanol–water partition coefficient (Wildman–Crippen LogP) is 3.47. The van der Waals surface area contributed by atoms with Crippen molar-refractivity contribution >= 4 is 39.4 Å². The Morgan fingerprint density at radius 1 is 1.50 bits per heavy atom. The highest BCUT2D eigenvalue weighted by Gasteiger charge is 2.27. The summed E-state index contributed by atoms with van der Waals surface area (Å²) < 4.78 is 13.4. The van der Waals surface area contributed by atoms with Crippen molar-refractivity contribution in [2.75, 3.05) is 0 Å². The highest BCUT2D eigenvalue weighted by Crippen LogP contribution is 2.25. The van der Waals surface area contributed by atoms with Gasteiger partial charge < -0.3 is 10.4 Å². The predicted molar refractivity (Wildman–Crippen MR) is 77.5 cm³/mol. The van der Waals surface area contributed by atoms with Crippen molar-refractivity contribution in [3.63, 3.8) is 0 Å². The van der Waals surface area contributed by atoms with Crippen LogP contribution in [0, 0.1) is 11.7 Å². The fourth-order valence-corrected chi connectivity index (χ4v) is 2.24. The summed E-state index contributed by atoms with van der Waals surface area (Å²) in [6.07, 6.45) is 0.586. The number of aliphatic carboxylic acids is 1. The number of carbonyl (C=O) groups is 2. The third-order valence-electron chi connectivity index (χ3n) is 3.00. The average molecular weight is 367 g/mol. The molecule has 1 aromatic carbocycles. The second-order valence-corrected chi connectivity index (χ2v) is 5.65. The van der Waals surface area contributed by atoms with Crippen molar-refractivity contribution in [3.05, 3.63) is 33.0 Å². The van der Waals surface area contributed by atoms with E-state index < -0.39 is 23.7 Å². The first-order chi connectivity index (χ1) is 9.27. The lowest BCUT2D eigenvalue weighted by Crippen LogP contribution is -2.45. The van der Waals surface area contributed by atoms with Gasteiger partial charge in [-0.15, -0.1) is 0 Å². The molecular weight excluding hydrogens is 353 g/mol. The molecule has 1 aromatic rings. The van der Waals surface area contributed by atoms with Crippen LogP contribution in [0.1, 0.15) is 30.6 Å². The van der Waals surface area contributed by atoms with E-state index in [1.165, 1.54) is 6.07 Å². The normalized spacial score (nSPS) is 13.7. The van der Waals surface area contributed by atoms with Crippen LogP contribution in [0.4, 0.5) is 4.39 Å². The molecule has 1 rings (SSSR count). The molecule has 0 aromatic heterocycles. The average Bonchev–Trinajstić information content (AvgIpc) is 2.38. The minimum atomic E-state index is -1.13. The Kier molecular flexibility index (Phi) is 5.95. The molecule has 0 radical (unpaired) electrons. The number of carboxylic acid groups (broad SMARTS) is 1. The van der Waals surface area contributed by atoms with Gasteiger partial charge in [-0.05, 0) is 34.0 Å². The third kappa shape index (κ3) is 3.93. The van der Waals surface area contributed by atoms with E-state index in [9.17, 15) is 14.0 Å². The molecule has 0 spiro atoms. The van der Waals surface area contributed by atoms with Crippen LogP contribution >= 0.6 is 27.5 Å². The van der Waals surface area contributed by atoms with Gasteiger partial charge in [0.25, 0.3) is 5.91 Å². The molecule has 0 heterocycles. The molecule has 4 nitrogen and oxygen atoms in total. The van der Waals surface area contributed by atoms with Gasteiger partial charge in [0.05, 0.1) is 10.0 Å². The number of carbonyl (C=O) groups excluding carboxylic acids is 1. The number of hydrogen-bond donors (Lipinski definition) is 2. The molecule has 0 saturated carbocycles. The van der Waals surface area contributed by atoms with Crippen molar-refractivity contribution in [1.82, 2.24) is 5.32 Å². The highest BCUT2D eigenvalue weighted by molar-refractivity contribution is 9.10. The van der Waals surface area contributed by atoms with Crippen molar-refractivity contribution in [2.45, 2.75) is 26.3 Å². The molecule has 0 aliphatic carbocycles. The molecule has 110 valence electrons. The van der Waals surface area contributed by atoms with Crippen LogP contribution in [0.3, 0.4) is 0 Å². The number of carboxylic acids is 1. The molecule has 2 N–H and O–H groups in total. The largest absolute Gasteiger partial charge is 0.480 e. The third-order valence-corrected chi connectivity index (χ3v) is 4.03. The number of nitrogens with one attached hydrogen (secondary N) is 1. The van der Waals surface area contributed by atoms with Gasteiger partial charge in [-0.25, -0.2) is 9.18 Å². The summed E-state index contributed by atoms with van der Waals surface area (Å²) in [4.78, 5) is 23.2. The molecule has 0 aliphatic heterocycles. The summed E-state index contributed by atoms with van der Waals surface area (Å²) in [6.45, 7) is 3.54. The van der Waals surface area contributed by atoms with E-state index in [1.807, 2.05) is 6.92 Å². The zero-order valence-corrected chi connectivity index (χ0v) is 13.3. The van der Waals surface area contributed by atoms with Crippen LogP contribution in [0.15, 0.2) is 16.6 Å². The molecule has 7 heteroatoms. The molecule has 0 saturated heterocycles. The molecule has 0 bridgehead atoms. The van der Waals surface area contributed by atoms with Crippen LogP contribution in [0.25, 0.3) is 0 Å². The maximum atomic E-state index is 13.5. The van der Waals surface area contributed by atoms with Crippen LogP contribution < -0.4 is 5.32 Å². The molecule has 0 aliphatic rings. The molecule has 1 amide bonds. The van der Waals surface area contributed by atoms with E-state index in [0.717, 1.165) is 6.07 Å². The van der Waals surface area contributed by atoms with E-state index in [2.05, 4.69) is 21.2 Å². The number of amides is 1. The Labute approximate surface area is 129 Å². The summed E-state index contributed by atoms with van der Waals surface area (Å²) in [7, 11) is 0. The van der Waals surface area contributed by atoms with Crippen molar-refractivity contribution < 1.29 is 19.1 Å². The quantitative estimate of drug-likeness (QED) is 0.784. The van der Waals surface area contributed by atoms with Gasteiger partial charge in [-0.2, -0.15) is 0 Å². The van der Waals surface area contributed by atoms with E-state index >= 15 is 0 Å². The van der Waals surface area contributed by atoms with Crippen LogP contribution in [0.2, 0.25) is 5.02 Å². The van der Waals surface area contributed by atoms with Crippen molar-refractivity contribution in [1.29, 1.82) is 0 Å². The maximum Gasteiger partial charge on any atom is 0.326 e. The summed E-state index contributed by atoms with van der Waals surface area (Å²) in [5, 5.41) is 11.6. The Hall–Kier alpha value is -1.14. The topological polar surface area (TPSA) is 66.4 Å². The van der Waals surface area contributed by atoms with Gasteiger partial charge in [0, 0.05) is 5.02 Å². The van der Waals surface area contributed by atoms with Gasteiger partial charge in [-0.3, -0.25) is 4.79 Å². The zero-order valence-electron chi connectivity index (χ0n) is 10.9. The Morgan fingerprint density at radius 2 is 2.10 bits per heavy atom. The SMILES string of the molecule is CC[C@H](C)[C@H](NC(=O)c1cc(Cl)cc(F)c1Br)C(=O)O. The Balaban J connectivity index is 3.04. The second-order valence-electron chi connectivity index (χ2n) is 4.42. The first-order valence-electron chi connectivity index (χ1n) is 5.96. The minimum Gasteiger partial charge on any atom is -0.480 e. The molecular formula is C13H14BrClFNO3. The van der Waals surface area contributed by atoms with E-state index in [4.69, 9.17) is 16.7 Å². The monoisotopic (exact) mass is 365 g/mol. The highest BCUT2D eigenvalue weighted by atomic mass is 79.9. The number of hydrogen-bond acceptors (Lipinski definition) is 2. The van der Waals surface area contributed by atoms with E-state index in [0.29, 0.717) is 6.42 Å². The van der Waals surface area contributed by atoms with Crippen LogP contribution in [0.5, 0.6) is 0 Å². The second kappa shape index (κ2) is 7.04. The smallest absolute Gasteiger partial charge is 0.326 e. The Morgan fingerprint density at radius 3 is 2.60 bits per heavy atom. The van der Waals surface area contributed by atoms with Gasteiger partial charge in [0.1, 0.15) is 11.9 Å². The van der Waals surface area contributed by atoms with Crippen molar-refractivity contribution in [3.8, 4) is 0 Å². The van der Waals surface area contributed by atoms with E-state index in [-0.39, 0.29) is 21.0 Å². The molecule has 20 heavy (non-hydrogen) atoms. The first kappa shape index (κ1) is 16.9. The standard InChI is InChI=1S/C13H14BrClFNO3/c1-3-6(2)11(13(19)20)17-12(18)8-4-7(15)5-9(16)10(8)14/h4-6,11H,3H2,1-2H3,(H,17,18)(H,19,20)/t6-,11-/m0/s1. The first-order valence-corrected chi connectivity index (χ1v) is 7.13. The maximum absolute atomic E-state index is 13.5. The molecule has 0 unspecified atom stereocenters. The van der Waals surface area contributed by atoms with Gasteiger partial charge in [-0.1, -0.05) is 31.9 Å². The number of halogens is 3. The van der Waals surface area contributed by atoms with Crippen molar-refractivity contribution in [2.24, 2.45) is 5.92 Å². The summed E-state index contributed by atoms with van der Waals surface area (Å²) in [6, 6.07) is 1.30. The van der Waals surface area contributed by atoms with Gasteiger partial charge >= 0.3 is 5.97 Å². The zero-order chi connectivity index (χ0) is 15.4. The lowest BCUT2D eigenvalue weighted by Gasteiger charge is -2.20. The summed E-state index contributed by atoms with van der Waals surface area (Å²) in [5.74, 6) is -2.75. The fraction of sp³-hybridized carbons (Fsp3) is 0.385. The summed E-state index contributed by atoms with van der Waals surface area (Å²) in [5.41, 5.74) is -0.0375. The van der Waals surface area contributed by atoms with Crippen LogP contribution in [-0.2, 0) is 4.79 Å². The van der Waals surface area contributed by atoms with Gasteiger partial charge in [0.2, 0.25) is 0 Å². The fourth-order valence-electron chi connectivity index (χ4n) is 1.62. The molecule has 0 fully saturated rings. The lowest BCUT2D eigenvalue weighted by atomic mass is 9.99. The number of benzene rings is 1. The van der Waals surface area contributed by atoms with Crippen LogP contribution in [-0.4, -0.2) is 23.0 Å². The van der Waals surface area contributed by atoms with Gasteiger partial charge in [0.15, 0.2) is 0 Å². The molecule has 2 atom stereocenters. The summed E-state index contributed by atoms with van der Waals surface area (Å²) >= 11 is 8.65. The minimum absolute atomic E-state index is 0.0375. The lowest BCUT2D eigenvalue weighted by molar-refractivity contribution is -0.140. The number of rotatable bonds is 5. The Bertz CT molecular complexity index is 539.